The van der Waals surface area contributed by atoms with Gasteiger partial charge in [-0.2, -0.15) is 4.98 Å². The third kappa shape index (κ3) is 3.39. The van der Waals surface area contributed by atoms with E-state index in [-0.39, 0.29) is 0 Å². The Morgan fingerprint density at radius 1 is 1.17 bits per heavy atom. The van der Waals surface area contributed by atoms with E-state index in [1.54, 1.807) is 26.5 Å². The molecule has 0 atom stereocenters. The SMILES string of the molecule is COCCc1noc(-c2ccc(-c3c(Cl)cccc3OC)nc2)n1. The molecule has 0 aliphatic carbocycles. The van der Waals surface area contributed by atoms with Crippen molar-refractivity contribution in [2.45, 2.75) is 6.42 Å². The quantitative estimate of drug-likeness (QED) is 0.679. The van der Waals surface area contributed by atoms with Crippen molar-refractivity contribution in [3.05, 3.63) is 47.4 Å². The number of hydrogen-bond acceptors (Lipinski definition) is 6. The van der Waals surface area contributed by atoms with Gasteiger partial charge in [-0.05, 0) is 24.3 Å². The van der Waals surface area contributed by atoms with E-state index in [4.69, 9.17) is 25.6 Å². The lowest BCUT2D eigenvalue weighted by Crippen LogP contribution is -1.96. The molecule has 6 nitrogen and oxygen atoms in total. The van der Waals surface area contributed by atoms with Gasteiger partial charge in [0.25, 0.3) is 5.89 Å². The van der Waals surface area contributed by atoms with E-state index in [0.29, 0.717) is 41.2 Å². The van der Waals surface area contributed by atoms with E-state index in [2.05, 4.69) is 15.1 Å². The first-order chi connectivity index (χ1) is 11.7. The Balaban J connectivity index is 1.87. The molecule has 0 saturated carbocycles. The minimum absolute atomic E-state index is 0.422. The van der Waals surface area contributed by atoms with Gasteiger partial charge in [0.05, 0.1) is 35.6 Å². The summed E-state index contributed by atoms with van der Waals surface area (Å²) in [4.78, 5) is 8.77. The van der Waals surface area contributed by atoms with Crippen LogP contribution in [-0.2, 0) is 11.2 Å². The Morgan fingerprint density at radius 3 is 2.75 bits per heavy atom. The average Bonchev–Trinajstić information content (AvgIpc) is 3.09. The molecule has 0 N–H and O–H groups in total. The van der Waals surface area contributed by atoms with Crippen LogP contribution in [0, 0.1) is 0 Å². The van der Waals surface area contributed by atoms with Gasteiger partial charge in [0.2, 0.25) is 0 Å². The summed E-state index contributed by atoms with van der Waals surface area (Å²) in [5, 5.41) is 4.50. The van der Waals surface area contributed by atoms with Gasteiger partial charge in [-0.25, -0.2) is 0 Å². The fourth-order valence-corrected chi connectivity index (χ4v) is 2.52. The molecule has 0 saturated heterocycles. The summed E-state index contributed by atoms with van der Waals surface area (Å²) < 4.78 is 15.6. The first kappa shape index (κ1) is 16.4. The van der Waals surface area contributed by atoms with Crippen LogP contribution < -0.4 is 4.74 Å². The molecule has 7 heteroatoms. The van der Waals surface area contributed by atoms with Crippen molar-refractivity contribution in [1.82, 2.24) is 15.1 Å². The molecule has 1 aromatic carbocycles. The van der Waals surface area contributed by atoms with E-state index in [1.807, 2.05) is 24.3 Å². The number of aromatic nitrogens is 3. The highest BCUT2D eigenvalue weighted by molar-refractivity contribution is 6.33. The summed E-state index contributed by atoms with van der Waals surface area (Å²) in [5.41, 5.74) is 2.20. The normalized spacial score (nSPS) is 10.8. The fourth-order valence-electron chi connectivity index (χ4n) is 2.26. The second-order valence-corrected chi connectivity index (χ2v) is 5.41. The second-order valence-electron chi connectivity index (χ2n) is 5.01. The van der Waals surface area contributed by atoms with Gasteiger partial charge in [-0.1, -0.05) is 22.8 Å². The van der Waals surface area contributed by atoms with Crippen LogP contribution in [0.4, 0.5) is 0 Å². The van der Waals surface area contributed by atoms with Crippen molar-refractivity contribution in [2.24, 2.45) is 0 Å². The standard InChI is InChI=1S/C17H16ClN3O3/c1-22-9-8-15-20-17(24-21-15)11-6-7-13(19-10-11)16-12(18)4-3-5-14(16)23-2/h3-7,10H,8-9H2,1-2H3. The highest BCUT2D eigenvalue weighted by Crippen LogP contribution is 2.35. The van der Waals surface area contributed by atoms with Crippen molar-refractivity contribution >= 4 is 11.6 Å². The van der Waals surface area contributed by atoms with Gasteiger partial charge in [0, 0.05) is 19.7 Å². The van der Waals surface area contributed by atoms with Crippen LogP contribution in [0.25, 0.3) is 22.7 Å². The Kier molecular flexibility index (Phi) is 5.08. The van der Waals surface area contributed by atoms with Gasteiger partial charge in [0.1, 0.15) is 5.75 Å². The minimum atomic E-state index is 0.422. The average molecular weight is 346 g/mol. The van der Waals surface area contributed by atoms with Crippen molar-refractivity contribution in [1.29, 1.82) is 0 Å². The number of pyridine rings is 1. The van der Waals surface area contributed by atoms with E-state index in [0.717, 1.165) is 11.1 Å². The maximum atomic E-state index is 6.28. The van der Waals surface area contributed by atoms with Crippen molar-refractivity contribution in [2.75, 3.05) is 20.8 Å². The zero-order valence-electron chi connectivity index (χ0n) is 13.3. The van der Waals surface area contributed by atoms with E-state index in [9.17, 15) is 0 Å². The lowest BCUT2D eigenvalue weighted by atomic mass is 10.1. The number of hydrogen-bond donors (Lipinski definition) is 0. The zero-order chi connectivity index (χ0) is 16.9. The molecule has 0 spiro atoms. The minimum Gasteiger partial charge on any atom is -0.496 e. The molecule has 24 heavy (non-hydrogen) atoms. The van der Waals surface area contributed by atoms with Gasteiger partial charge in [-0.15, -0.1) is 0 Å². The third-order valence-electron chi connectivity index (χ3n) is 3.46. The summed E-state index contributed by atoms with van der Waals surface area (Å²) in [6.45, 7) is 0.544. The van der Waals surface area contributed by atoms with Crippen molar-refractivity contribution in [3.8, 4) is 28.5 Å². The largest absolute Gasteiger partial charge is 0.496 e. The molecule has 0 radical (unpaired) electrons. The highest BCUT2D eigenvalue weighted by atomic mass is 35.5. The van der Waals surface area contributed by atoms with Crippen molar-refractivity contribution < 1.29 is 14.0 Å². The zero-order valence-corrected chi connectivity index (χ0v) is 14.1. The number of methoxy groups -OCH3 is 2. The van der Waals surface area contributed by atoms with Crippen molar-refractivity contribution in [3.63, 3.8) is 0 Å². The van der Waals surface area contributed by atoms with Crippen LogP contribution in [0.15, 0.2) is 41.1 Å². The van der Waals surface area contributed by atoms with Crippen LogP contribution in [0.3, 0.4) is 0 Å². The van der Waals surface area contributed by atoms with Crippen LogP contribution in [0.5, 0.6) is 5.75 Å². The lowest BCUT2D eigenvalue weighted by molar-refractivity contribution is 0.199. The molecule has 0 aliphatic heterocycles. The Hall–Kier alpha value is -2.44. The highest BCUT2D eigenvalue weighted by Gasteiger charge is 2.13. The van der Waals surface area contributed by atoms with Crippen LogP contribution in [-0.4, -0.2) is 36.0 Å². The maximum absolute atomic E-state index is 6.28. The number of ether oxygens (including phenoxy) is 2. The monoisotopic (exact) mass is 345 g/mol. The summed E-state index contributed by atoms with van der Waals surface area (Å²) in [7, 11) is 3.23. The molecule has 124 valence electrons. The van der Waals surface area contributed by atoms with Gasteiger partial charge >= 0.3 is 0 Å². The topological polar surface area (TPSA) is 70.3 Å². The van der Waals surface area contributed by atoms with Crippen LogP contribution in [0.1, 0.15) is 5.82 Å². The smallest absolute Gasteiger partial charge is 0.259 e. The summed E-state index contributed by atoms with van der Waals surface area (Å²) in [6.07, 6.45) is 2.27. The molecule has 0 bridgehead atoms. The molecule has 0 fully saturated rings. The van der Waals surface area contributed by atoms with Crippen LogP contribution in [0.2, 0.25) is 5.02 Å². The molecule has 0 amide bonds. The summed E-state index contributed by atoms with van der Waals surface area (Å²) >= 11 is 6.28. The molecule has 3 rings (SSSR count). The molecular weight excluding hydrogens is 330 g/mol. The molecular formula is C17H16ClN3O3. The molecule has 0 aliphatic rings. The lowest BCUT2D eigenvalue weighted by Gasteiger charge is -2.09. The van der Waals surface area contributed by atoms with Gasteiger partial charge in [-0.3, -0.25) is 4.98 Å². The summed E-state index contributed by atoms with van der Waals surface area (Å²) in [6, 6.07) is 9.18. The predicted octanol–water partition coefficient (Wildman–Crippen LogP) is 3.65. The van der Waals surface area contributed by atoms with Gasteiger partial charge in [0.15, 0.2) is 5.82 Å². The molecule has 3 aromatic rings. The Morgan fingerprint density at radius 2 is 2.04 bits per heavy atom. The number of halogens is 1. The Labute approximate surface area is 144 Å². The molecule has 2 heterocycles. The number of rotatable bonds is 6. The molecule has 0 unspecified atom stereocenters. The van der Waals surface area contributed by atoms with E-state index < -0.39 is 0 Å². The first-order valence-corrected chi connectivity index (χ1v) is 7.71. The Bertz CT molecular complexity index is 818. The maximum Gasteiger partial charge on any atom is 0.259 e. The summed E-state index contributed by atoms with van der Waals surface area (Å²) in [5.74, 6) is 1.69. The first-order valence-electron chi connectivity index (χ1n) is 7.33. The number of nitrogens with zero attached hydrogens (tertiary/aromatic N) is 3. The molecule has 2 aromatic heterocycles. The predicted molar refractivity (Wildman–Crippen MR) is 90.1 cm³/mol. The van der Waals surface area contributed by atoms with Gasteiger partial charge < -0.3 is 14.0 Å². The van der Waals surface area contributed by atoms with E-state index in [1.165, 1.54) is 0 Å². The fraction of sp³-hybridized carbons (Fsp3) is 0.235. The number of benzene rings is 1. The second kappa shape index (κ2) is 7.42. The van der Waals surface area contributed by atoms with Crippen LogP contribution >= 0.6 is 11.6 Å². The van der Waals surface area contributed by atoms with E-state index >= 15 is 0 Å². The third-order valence-corrected chi connectivity index (χ3v) is 3.77.